The van der Waals surface area contributed by atoms with Gasteiger partial charge in [-0.25, -0.2) is 0 Å². The van der Waals surface area contributed by atoms with Crippen LogP contribution in [0.5, 0.6) is 0 Å². The van der Waals surface area contributed by atoms with Crippen LogP contribution < -0.4 is 10.0 Å². The van der Waals surface area contributed by atoms with Crippen LogP contribution in [0.15, 0.2) is 30.3 Å². The van der Waals surface area contributed by atoms with E-state index in [2.05, 4.69) is 10.0 Å². The van der Waals surface area contributed by atoms with Crippen LogP contribution in [0.2, 0.25) is 0 Å². The highest BCUT2D eigenvalue weighted by atomic mass is 33.1. The number of hydrogen-bond acceptors (Lipinski definition) is 4. The molecule has 4 nitrogen and oxygen atoms in total. The zero-order chi connectivity index (χ0) is 12.7. The number of carbonyl (C=O) groups is 2. The zero-order valence-corrected chi connectivity index (χ0v) is 11.2. The molecule has 0 aliphatic carbocycles. The molecule has 0 saturated carbocycles. The number of rotatable bonds is 4. The van der Waals surface area contributed by atoms with Gasteiger partial charge in [-0.05, 0) is 12.1 Å². The number of amides is 2. The molecule has 0 aliphatic rings. The molecule has 0 heterocycles. The smallest absolute Gasteiger partial charge is 0.318 e. The molecule has 1 aromatic carbocycles. The Labute approximate surface area is 108 Å². The third-order valence-electron chi connectivity index (χ3n) is 1.61. The molecule has 2 amide bonds. The van der Waals surface area contributed by atoms with E-state index in [4.69, 9.17) is 0 Å². The number of nitrogens with one attached hydrogen (secondary N) is 2. The predicted octanol–water partition coefficient (Wildman–Crippen LogP) is 2.45. The number of benzene rings is 1. The summed E-state index contributed by atoms with van der Waals surface area (Å²) in [5, 5.41) is 2.89. The summed E-state index contributed by atoms with van der Waals surface area (Å²) in [5.74, 6) is -1.31. The van der Waals surface area contributed by atoms with Crippen LogP contribution in [0.1, 0.15) is 13.8 Å². The van der Waals surface area contributed by atoms with E-state index in [1.54, 1.807) is 24.3 Å². The molecule has 6 heteroatoms. The van der Waals surface area contributed by atoms with Crippen molar-refractivity contribution in [1.82, 2.24) is 4.72 Å². The van der Waals surface area contributed by atoms with E-state index in [1.807, 2.05) is 19.9 Å². The fraction of sp³-hybridized carbons (Fsp3) is 0.273. The van der Waals surface area contributed by atoms with E-state index in [0.717, 1.165) is 11.0 Å². The Morgan fingerprint density at radius 1 is 1.12 bits per heavy atom. The summed E-state index contributed by atoms with van der Waals surface area (Å²) in [6.45, 7) is 4.02. The van der Waals surface area contributed by atoms with Crippen molar-refractivity contribution in [1.29, 1.82) is 0 Å². The molecule has 2 N–H and O–H groups in total. The average Bonchev–Trinajstić information content (AvgIpc) is 2.29. The fourth-order valence-electron chi connectivity index (χ4n) is 0.914. The first-order valence-electron chi connectivity index (χ1n) is 5.08. The molecule has 92 valence electrons. The van der Waals surface area contributed by atoms with Crippen LogP contribution in [-0.4, -0.2) is 17.1 Å². The van der Waals surface area contributed by atoms with Gasteiger partial charge in [0.15, 0.2) is 0 Å². The topological polar surface area (TPSA) is 58.2 Å². The molecule has 0 atom stereocenters. The lowest BCUT2D eigenvalue weighted by atomic mass is 10.3. The normalized spacial score (nSPS) is 10.1. The van der Waals surface area contributed by atoms with Crippen molar-refractivity contribution in [3.63, 3.8) is 0 Å². The molecule has 17 heavy (non-hydrogen) atoms. The minimum Gasteiger partial charge on any atom is -0.318 e. The molecular weight excluding hydrogens is 256 g/mol. The molecule has 0 unspecified atom stereocenters. The summed E-state index contributed by atoms with van der Waals surface area (Å²) in [5.41, 5.74) is 0.606. The monoisotopic (exact) mass is 270 g/mol. The van der Waals surface area contributed by atoms with Gasteiger partial charge in [-0.2, -0.15) is 0 Å². The molecule has 1 rings (SSSR count). The van der Waals surface area contributed by atoms with E-state index in [9.17, 15) is 9.59 Å². The molecule has 0 bridgehead atoms. The Balaban J connectivity index is 2.35. The number of carbonyl (C=O) groups excluding carboxylic acids is 2. The van der Waals surface area contributed by atoms with Gasteiger partial charge < -0.3 is 5.32 Å². The van der Waals surface area contributed by atoms with Crippen molar-refractivity contribution in [3.8, 4) is 0 Å². The second-order valence-electron chi connectivity index (χ2n) is 3.48. The molecule has 1 aromatic rings. The average molecular weight is 270 g/mol. The molecular formula is C11H14N2O2S2. The van der Waals surface area contributed by atoms with Gasteiger partial charge in [0.25, 0.3) is 0 Å². The molecule has 0 aliphatic heterocycles. The SMILES string of the molecule is CC(C)SSNC(=O)C(=O)Nc1ccccc1. The fourth-order valence-corrected chi connectivity index (χ4v) is 2.27. The van der Waals surface area contributed by atoms with Crippen LogP contribution in [-0.2, 0) is 9.59 Å². The van der Waals surface area contributed by atoms with Crippen LogP contribution in [0.25, 0.3) is 0 Å². The highest BCUT2D eigenvalue weighted by Crippen LogP contribution is 2.22. The van der Waals surface area contributed by atoms with Gasteiger partial charge in [0.2, 0.25) is 0 Å². The first-order valence-corrected chi connectivity index (χ1v) is 7.29. The standard InChI is InChI=1S/C11H14N2O2S2/c1-8(2)16-17-13-11(15)10(14)12-9-6-4-3-5-7-9/h3-8H,1-2H3,(H,12,14)(H,13,15). The zero-order valence-electron chi connectivity index (χ0n) is 9.60. The summed E-state index contributed by atoms with van der Waals surface area (Å²) >= 11 is 0. The van der Waals surface area contributed by atoms with Crippen LogP contribution in [0, 0.1) is 0 Å². The summed E-state index contributed by atoms with van der Waals surface area (Å²) in [6.07, 6.45) is 0. The number of para-hydroxylation sites is 1. The Bertz CT molecular complexity index is 382. The van der Waals surface area contributed by atoms with Gasteiger partial charge in [-0.15, -0.1) is 0 Å². The van der Waals surface area contributed by atoms with E-state index in [0.29, 0.717) is 10.9 Å². The van der Waals surface area contributed by atoms with Gasteiger partial charge in [0, 0.05) is 21.9 Å². The van der Waals surface area contributed by atoms with Gasteiger partial charge in [0.1, 0.15) is 0 Å². The molecule has 0 saturated heterocycles. The van der Waals surface area contributed by atoms with Gasteiger partial charge in [-0.3, -0.25) is 14.3 Å². The second-order valence-corrected chi connectivity index (χ2v) is 6.06. The lowest BCUT2D eigenvalue weighted by Crippen LogP contribution is -2.31. The highest BCUT2D eigenvalue weighted by molar-refractivity contribution is 8.76. The second kappa shape index (κ2) is 7.24. The minimum atomic E-state index is -0.659. The first kappa shape index (κ1) is 13.9. The third kappa shape index (κ3) is 5.65. The van der Waals surface area contributed by atoms with E-state index in [1.165, 1.54) is 10.8 Å². The summed E-state index contributed by atoms with van der Waals surface area (Å²) in [4.78, 5) is 22.8. The minimum absolute atomic E-state index is 0.387. The lowest BCUT2D eigenvalue weighted by molar-refractivity contribution is -0.134. The molecule has 0 spiro atoms. The summed E-state index contributed by atoms with van der Waals surface area (Å²) < 4.78 is 2.46. The summed E-state index contributed by atoms with van der Waals surface area (Å²) in [7, 11) is 2.65. The quantitative estimate of drug-likeness (QED) is 0.501. The Morgan fingerprint density at radius 3 is 2.35 bits per heavy atom. The molecule has 0 radical (unpaired) electrons. The Hall–Kier alpha value is -1.14. The maximum atomic E-state index is 11.4. The van der Waals surface area contributed by atoms with E-state index in [-0.39, 0.29) is 0 Å². The first-order chi connectivity index (χ1) is 8.09. The largest absolute Gasteiger partial charge is 0.320 e. The van der Waals surface area contributed by atoms with Crippen molar-refractivity contribution in [2.24, 2.45) is 0 Å². The Kier molecular flexibility index (Phi) is 5.93. The maximum absolute atomic E-state index is 11.4. The highest BCUT2D eigenvalue weighted by Gasteiger charge is 2.13. The number of anilines is 1. The molecule has 0 aromatic heterocycles. The van der Waals surface area contributed by atoms with E-state index < -0.39 is 11.8 Å². The van der Waals surface area contributed by atoms with Crippen molar-refractivity contribution in [2.75, 3.05) is 5.32 Å². The van der Waals surface area contributed by atoms with Crippen LogP contribution >= 0.6 is 21.8 Å². The maximum Gasteiger partial charge on any atom is 0.320 e. The summed E-state index contributed by atoms with van der Waals surface area (Å²) in [6, 6.07) is 8.86. The number of hydrogen-bond donors (Lipinski definition) is 2. The van der Waals surface area contributed by atoms with Gasteiger partial charge in [0.05, 0.1) is 0 Å². The van der Waals surface area contributed by atoms with Gasteiger partial charge >= 0.3 is 11.8 Å². The van der Waals surface area contributed by atoms with Crippen LogP contribution in [0.4, 0.5) is 5.69 Å². The van der Waals surface area contributed by atoms with Gasteiger partial charge in [-0.1, -0.05) is 42.8 Å². The van der Waals surface area contributed by atoms with Crippen molar-refractivity contribution >= 4 is 39.3 Å². The Morgan fingerprint density at radius 2 is 1.76 bits per heavy atom. The van der Waals surface area contributed by atoms with E-state index >= 15 is 0 Å². The predicted molar refractivity (Wildman–Crippen MR) is 73.5 cm³/mol. The molecule has 0 fully saturated rings. The van der Waals surface area contributed by atoms with Crippen molar-refractivity contribution < 1.29 is 9.59 Å². The lowest BCUT2D eigenvalue weighted by Gasteiger charge is -2.06. The van der Waals surface area contributed by atoms with Crippen LogP contribution in [0.3, 0.4) is 0 Å². The van der Waals surface area contributed by atoms with Crippen molar-refractivity contribution in [2.45, 2.75) is 19.1 Å². The van der Waals surface area contributed by atoms with Crippen molar-refractivity contribution in [3.05, 3.63) is 30.3 Å². The third-order valence-corrected chi connectivity index (χ3v) is 4.06.